The summed E-state index contributed by atoms with van der Waals surface area (Å²) < 4.78 is 5.49. The Hall–Kier alpha value is -2.84. The Morgan fingerprint density at radius 2 is 2.12 bits per heavy atom. The van der Waals surface area contributed by atoms with E-state index in [9.17, 15) is 14.9 Å². The number of aromatic nitrogens is 2. The molecule has 0 aliphatic carbocycles. The molecule has 2 atom stereocenters. The van der Waals surface area contributed by atoms with Crippen LogP contribution < -0.4 is 4.90 Å². The van der Waals surface area contributed by atoms with E-state index in [0.29, 0.717) is 18.6 Å². The number of benzene rings is 1. The van der Waals surface area contributed by atoms with Crippen molar-refractivity contribution in [3.63, 3.8) is 0 Å². The number of likely N-dealkylation sites (tertiary alicyclic amines) is 1. The molecule has 0 radical (unpaired) electrons. The Morgan fingerprint density at radius 3 is 2.73 bits per heavy atom. The van der Waals surface area contributed by atoms with Gasteiger partial charge < -0.3 is 14.5 Å². The number of nitro benzene ring substituents is 1. The van der Waals surface area contributed by atoms with Crippen molar-refractivity contribution in [3.05, 3.63) is 28.3 Å². The number of nitro groups is 1. The smallest absolute Gasteiger partial charge is 0.410 e. The number of rotatable bonds is 2. The number of carbonyl (C=O) groups excluding carboxylic acids is 1. The van der Waals surface area contributed by atoms with Crippen molar-refractivity contribution in [1.29, 1.82) is 0 Å². The zero-order valence-electron chi connectivity index (χ0n) is 14.9. The van der Waals surface area contributed by atoms with E-state index in [1.807, 2.05) is 20.8 Å². The second kappa shape index (κ2) is 5.58. The molecule has 2 saturated heterocycles. The van der Waals surface area contributed by atoms with E-state index < -0.39 is 10.5 Å². The van der Waals surface area contributed by atoms with Gasteiger partial charge in [-0.25, -0.2) is 4.79 Å². The van der Waals surface area contributed by atoms with Crippen LogP contribution in [-0.4, -0.2) is 56.9 Å². The van der Waals surface area contributed by atoms with Crippen molar-refractivity contribution in [1.82, 2.24) is 15.1 Å². The number of fused-ring (bicyclic) bond motifs is 3. The van der Waals surface area contributed by atoms with Gasteiger partial charge >= 0.3 is 6.09 Å². The number of hydrogen-bond acceptors (Lipinski definition) is 6. The maximum absolute atomic E-state index is 12.4. The van der Waals surface area contributed by atoms with E-state index in [1.54, 1.807) is 11.0 Å². The lowest BCUT2D eigenvalue weighted by Gasteiger charge is -2.35. The maximum Gasteiger partial charge on any atom is 0.410 e. The first-order chi connectivity index (χ1) is 12.2. The van der Waals surface area contributed by atoms with Crippen LogP contribution in [0.4, 0.5) is 16.3 Å². The summed E-state index contributed by atoms with van der Waals surface area (Å²) in [6, 6.07) is 4.98. The number of non-ortho nitro benzene ring substituents is 1. The first-order valence-corrected chi connectivity index (χ1v) is 8.62. The van der Waals surface area contributed by atoms with Gasteiger partial charge in [0, 0.05) is 30.6 Å². The van der Waals surface area contributed by atoms with Crippen LogP contribution in [0.15, 0.2) is 18.2 Å². The summed E-state index contributed by atoms with van der Waals surface area (Å²) in [6.45, 7) is 6.86. The molecular weight excluding hydrogens is 338 g/mol. The molecule has 0 saturated carbocycles. The van der Waals surface area contributed by atoms with Crippen molar-refractivity contribution < 1.29 is 14.5 Å². The van der Waals surface area contributed by atoms with Gasteiger partial charge in [-0.15, -0.1) is 0 Å². The van der Waals surface area contributed by atoms with Crippen LogP contribution in [0.2, 0.25) is 0 Å². The molecule has 4 rings (SSSR count). The van der Waals surface area contributed by atoms with Crippen molar-refractivity contribution in [2.24, 2.45) is 0 Å². The number of hydrogen-bond donors (Lipinski definition) is 1. The molecule has 9 heteroatoms. The van der Waals surface area contributed by atoms with E-state index in [4.69, 9.17) is 4.74 Å². The highest BCUT2D eigenvalue weighted by atomic mass is 16.6. The molecule has 26 heavy (non-hydrogen) atoms. The molecule has 1 amide bonds. The Bertz CT molecular complexity index is 887. The number of nitrogens with one attached hydrogen (secondary N) is 1. The number of anilines is 1. The summed E-state index contributed by atoms with van der Waals surface area (Å²) in [7, 11) is 0. The topological polar surface area (TPSA) is 105 Å². The van der Waals surface area contributed by atoms with Gasteiger partial charge in [0.15, 0.2) is 5.82 Å². The predicted octanol–water partition coefficient (Wildman–Crippen LogP) is 2.67. The van der Waals surface area contributed by atoms with Gasteiger partial charge in [0.1, 0.15) is 5.60 Å². The Morgan fingerprint density at radius 1 is 1.35 bits per heavy atom. The monoisotopic (exact) mass is 359 g/mol. The number of amides is 1. The van der Waals surface area contributed by atoms with Crippen molar-refractivity contribution in [3.8, 4) is 0 Å². The molecule has 1 aromatic carbocycles. The standard InChI is InChI=1S/C17H21N5O4/c1-17(2,3)26-16(23)21-9-11-6-12(21)8-20(11)15-13-5-4-10(22(24)25)7-14(13)18-19-15/h4-5,7,11-12H,6,8-9H2,1-3H3,(H,18,19). The van der Waals surface area contributed by atoms with Crippen LogP contribution in [0, 0.1) is 10.1 Å². The van der Waals surface area contributed by atoms with Crippen molar-refractivity contribution >= 4 is 28.5 Å². The normalized spacial score (nSPS) is 22.3. The van der Waals surface area contributed by atoms with Crippen LogP contribution in [0.1, 0.15) is 27.2 Å². The summed E-state index contributed by atoms with van der Waals surface area (Å²) in [5.41, 5.74) is 0.166. The SMILES string of the molecule is CC(C)(C)OC(=O)N1CC2CC1CN2c1n[nH]c2cc([N+](=O)[O-])ccc12. The quantitative estimate of drug-likeness (QED) is 0.653. The van der Waals surface area contributed by atoms with Gasteiger partial charge in [0.25, 0.3) is 5.69 Å². The van der Waals surface area contributed by atoms with Gasteiger partial charge in [-0.1, -0.05) is 0 Å². The number of ether oxygens (including phenoxy) is 1. The number of nitrogens with zero attached hydrogens (tertiary/aromatic N) is 4. The minimum atomic E-state index is -0.508. The summed E-state index contributed by atoms with van der Waals surface area (Å²) >= 11 is 0. The summed E-state index contributed by atoms with van der Waals surface area (Å²) in [4.78, 5) is 26.8. The van der Waals surface area contributed by atoms with Crippen LogP contribution >= 0.6 is 0 Å². The first kappa shape index (κ1) is 16.6. The maximum atomic E-state index is 12.4. The average Bonchev–Trinajstić information content (AvgIpc) is 3.25. The lowest BCUT2D eigenvalue weighted by atomic mass is 10.2. The summed E-state index contributed by atoms with van der Waals surface area (Å²) in [5, 5.41) is 19.0. The zero-order valence-corrected chi connectivity index (χ0v) is 14.9. The molecule has 2 aliphatic rings. The highest BCUT2D eigenvalue weighted by Crippen LogP contribution is 2.37. The fraction of sp³-hybridized carbons (Fsp3) is 0.529. The summed E-state index contributed by atoms with van der Waals surface area (Å²) in [5.74, 6) is 0.784. The number of carbonyl (C=O) groups is 1. The molecule has 2 aromatic rings. The van der Waals surface area contributed by atoms with Gasteiger partial charge in [0.2, 0.25) is 0 Å². The molecule has 3 heterocycles. The molecule has 9 nitrogen and oxygen atoms in total. The lowest BCUT2D eigenvalue weighted by Crippen LogP contribution is -2.50. The third-order valence-electron chi connectivity index (χ3n) is 4.88. The van der Waals surface area contributed by atoms with Crippen LogP contribution in [-0.2, 0) is 4.74 Å². The lowest BCUT2D eigenvalue weighted by molar-refractivity contribution is -0.384. The van der Waals surface area contributed by atoms with Crippen molar-refractivity contribution in [2.45, 2.75) is 44.9 Å². The third kappa shape index (κ3) is 2.73. The Balaban J connectivity index is 1.53. The van der Waals surface area contributed by atoms with Crippen LogP contribution in [0.25, 0.3) is 10.9 Å². The highest BCUT2D eigenvalue weighted by Gasteiger charge is 2.47. The molecule has 138 valence electrons. The fourth-order valence-electron chi connectivity index (χ4n) is 3.80. The number of aromatic amines is 1. The molecule has 2 bridgehead atoms. The summed E-state index contributed by atoms with van der Waals surface area (Å²) in [6.07, 6.45) is 0.604. The van der Waals surface area contributed by atoms with Crippen LogP contribution in [0.3, 0.4) is 0 Å². The first-order valence-electron chi connectivity index (χ1n) is 8.62. The van der Waals surface area contributed by atoms with E-state index in [-0.39, 0.29) is 23.9 Å². The third-order valence-corrected chi connectivity index (χ3v) is 4.88. The van der Waals surface area contributed by atoms with Gasteiger partial charge in [-0.05, 0) is 33.3 Å². The fourth-order valence-corrected chi connectivity index (χ4v) is 3.80. The van der Waals surface area contributed by atoms with E-state index in [2.05, 4.69) is 15.1 Å². The van der Waals surface area contributed by atoms with E-state index in [0.717, 1.165) is 17.6 Å². The molecule has 1 N–H and O–H groups in total. The minimum Gasteiger partial charge on any atom is -0.444 e. The van der Waals surface area contributed by atoms with E-state index in [1.165, 1.54) is 12.1 Å². The molecule has 0 spiro atoms. The second-order valence-corrected chi connectivity index (χ2v) is 7.86. The molecule has 2 aliphatic heterocycles. The molecule has 2 fully saturated rings. The molecule has 1 aromatic heterocycles. The average molecular weight is 359 g/mol. The van der Waals surface area contributed by atoms with Crippen molar-refractivity contribution in [2.75, 3.05) is 18.0 Å². The van der Waals surface area contributed by atoms with Gasteiger partial charge in [0.05, 0.1) is 22.5 Å². The second-order valence-electron chi connectivity index (χ2n) is 7.86. The zero-order chi connectivity index (χ0) is 18.6. The molecular formula is C17H21N5O4. The van der Waals surface area contributed by atoms with E-state index >= 15 is 0 Å². The molecule has 2 unspecified atom stereocenters. The van der Waals surface area contributed by atoms with Gasteiger partial charge in [-0.2, -0.15) is 5.10 Å². The van der Waals surface area contributed by atoms with Gasteiger partial charge in [-0.3, -0.25) is 15.2 Å². The Labute approximate surface area is 150 Å². The predicted molar refractivity (Wildman–Crippen MR) is 95.2 cm³/mol. The Kier molecular flexibility index (Phi) is 3.57. The number of piperazine rings is 1. The highest BCUT2D eigenvalue weighted by molar-refractivity contribution is 5.92. The minimum absolute atomic E-state index is 0.0340. The number of H-pyrrole nitrogens is 1. The largest absolute Gasteiger partial charge is 0.444 e. The van der Waals surface area contributed by atoms with Crippen LogP contribution in [0.5, 0.6) is 0 Å².